The van der Waals surface area contributed by atoms with E-state index in [0.29, 0.717) is 51.7 Å². The zero-order valence-electron chi connectivity index (χ0n) is 67.4. The number of ether oxygens (including phenoxy) is 24. The van der Waals surface area contributed by atoms with Gasteiger partial charge in [0.2, 0.25) is 47.3 Å². The number of Topliss-reactive ketones (excluding diaryl/α,β-unsaturated/α-hetero) is 2. The zero-order valence-corrected chi connectivity index (χ0v) is 67.4. The van der Waals surface area contributed by atoms with Gasteiger partial charge in [-0.2, -0.15) is 0 Å². The van der Waals surface area contributed by atoms with Crippen molar-refractivity contribution in [1.82, 2.24) is 42.1 Å². The van der Waals surface area contributed by atoms with Gasteiger partial charge >= 0.3 is 5.97 Å². The lowest BCUT2D eigenvalue weighted by Crippen LogP contribution is -2.58. The van der Waals surface area contributed by atoms with Crippen molar-refractivity contribution in [2.45, 2.75) is 149 Å². The van der Waals surface area contributed by atoms with Gasteiger partial charge in [-0.3, -0.25) is 47.9 Å². The first kappa shape index (κ1) is 106. The SMILES string of the molecule is CCC(C)C(NC(=O)C(CC(C)C)NC(=O)CNC(=O)C(NC(=O)C1CCN(C(=O)CCC(=O)NC(CCCCCC(=O)CCOCCOCOCOCOCOCOCOCOCOCOCOCOCOCOCOCOCOCOCOCOCOCOCCOC)C(C)=O)C1)C(C)C)C(=O)NCC(=O)NC(C=O)C(=O)O. The minimum atomic E-state index is -1.82. The van der Waals surface area contributed by atoms with Crippen molar-refractivity contribution in [1.29, 1.82) is 0 Å². The Morgan fingerprint density at radius 2 is 0.843 bits per heavy atom. The highest BCUT2D eigenvalue weighted by atomic mass is 16.9. The molecule has 1 aliphatic rings. The van der Waals surface area contributed by atoms with Crippen molar-refractivity contribution in [3.63, 3.8) is 0 Å². The number of amides is 8. The van der Waals surface area contributed by atoms with Gasteiger partial charge in [0.25, 0.3) is 0 Å². The molecule has 1 rings (SSSR count). The number of likely N-dealkylation sites (tertiary alicyclic amines) is 1. The van der Waals surface area contributed by atoms with Crippen molar-refractivity contribution in [3.8, 4) is 0 Å². The van der Waals surface area contributed by atoms with Gasteiger partial charge in [0.15, 0.2) is 147 Å². The third kappa shape index (κ3) is 59.6. The van der Waals surface area contributed by atoms with Gasteiger partial charge in [-0.25, -0.2) is 4.79 Å². The lowest BCUT2D eigenvalue weighted by Gasteiger charge is -2.27. The second-order valence-electron chi connectivity index (χ2n) is 25.7. The first-order chi connectivity index (χ1) is 55.5. The van der Waals surface area contributed by atoms with Crippen LogP contribution in [0.4, 0.5) is 0 Å². The van der Waals surface area contributed by atoms with E-state index in [9.17, 15) is 57.5 Å². The number of rotatable bonds is 81. The van der Waals surface area contributed by atoms with Crippen LogP contribution in [0.25, 0.3) is 0 Å². The molecule has 0 saturated carbocycles. The number of methoxy groups -OCH3 is 1. The quantitative estimate of drug-likeness (QED) is 0.0156. The summed E-state index contributed by atoms with van der Waals surface area (Å²) in [6.45, 7) is 10.5. The summed E-state index contributed by atoms with van der Waals surface area (Å²) < 4.78 is 123. The lowest BCUT2D eigenvalue weighted by atomic mass is 9.96. The smallest absolute Gasteiger partial charge is 0.333 e. The Balaban J connectivity index is 2.06. The predicted octanol–water partition coefficient (Wildman–Crippen LogP) is -1.06. The van der Waals surface area contributed by atoms with E-state index in [-0.39, 0.29) is 237 Å². The Labute approximate surface area is 669 Å². The third-order valence-corrected chi connectivity index (χ3v) is 15.5. The normalized spacial score (nSPS) is 14.3. The summed E-state index contributed by atoms with van der Waals surface area (Å²) >= 11 is 0. The molecular formula is C70H124N8O37. The Bertz CT molecular complexity index is 2630. The maximum atomic E-state index is 13.6. The van der Waals surface area contributed by atoms with Crippen LogP contribution in [0.15, 0.2) is 0 Å². The zero-order chi connectivity index (χ0) is 84.7. The standard InChI is InChI=1S/C70H124N8O37/c1-9-53(6)65(69(89)72-27-62(84)75-59(29-79)70(90)91)77-67(87)58(25-51(2)3)74-61(83)26-71-68(88)64(52(4)5)76-66(86)55-17-19-78(28-55)63(85)16-15-60(82)73-57(54(7)80)14-12-10-11-13-56(81)18-20-93-23-24-95-31-97-33-99-35-101-37-103-39-105-41-107-43-109-45-111-47-113-49-115-50-114-48-112-46-110-44-108-42-106-40-104-38-102-36-100-34-98-32-96-30-94-22-21-92-8/h29,51-53,55,57-59,64-65H,9-28,30-50H2,1-8H3,(H,71,88)(H,72,89)(H,73,82)(H,74,83)(H,75,84)(H,76,86)(H,77,87)(H,90,91). The average molecular weight is 1670 g/mol. The molecule has 0 radical (unpaired) electrons. The molecule has 0 bridgehead atoms. The topological polar surface area (TPSA) is 534 Å². The van der Waals surface area contributed by atoms with Crippen molar-refractivity contribution in [2.75, 3.05) is 209 Å². The Morgan fingerprint density at radius 1 is 0.435 bits per heavy atom. The highest BCUT2D eigenvalue weighted by molar-refractivity contribution is 5.98. The van der Waals surface area contributed by atoms with E-state index in [1.807, 2.05) is 5.32 Å². The van der Waals surface area contributed by atoms with E-state index in [4.69, 9.17) is 119 Å². The molecule has 7 atom stereocenters. The van der Waals surface area contributed by atoms with E-state index in [2.05, 4.69) is 31.9 Å². The van der Waals surface area contributed by atoms with Crippen LogP contribution in [0.3, 0.4) is 0 Å². The molecule has 1 heterocycles. The second-order valence-corrected chi connectivity index (χ2v) is 25.7. The summed E-state index contributed by atoms with van der Waals surface area (Å²) in [4.78, 5) is 154. The number of nitrogens with zero attached hydrogens (tertiary/aromatic N) is 1. The van der Waals surface area contributed by atoms with Gasteiger partial charge in [0.05, 0.1) is 58.1 Å². The Kier molecular flexibility index (Phi) is 67.0. The molecule has 0 aromatic heterocycles. The summed E-state index contributed by atoms with van der Waals surface area (Å²) in [5.41, 5.74) is 0. The van der Waals surface area contributed by atoms with Crippen LogP contribution in [0.2, 0.25) is 0 Å². The van der Waals surface area contributed by atoms with Crippen LogP contribution in [0, 0.1) is 23.7 Å². The first-order valence-corrected chi connectivity index (χ1v) is 37.3. The molecule has 1 fully saturated rings. The maximum absolute atomic E-state index is 13.6. The lowest BCUT2D eigenvalue weighted by molar-refractivity contribution is -0.242. The number of carbonyl (C=O) groups excluding carboxylic acids is 11. The molecule has 0 spiro atoms. The number of carboxylic acids is 1. The van der Waals surface area contributed by atoms with Crippen molar-refractivity contribution < 1.29 is 176 Å². The molecule has 45 nitrogen and oxygen atoms in total. The molecule has 45 heteroatoms. The molecule has 115 heavy (non-hydrogen) atoms. The number of hydrogen-bond acceptors (Lipinski definition) is 36. The molecule has 1 aliphatic heterocycles. The molecule has 0 aromatic rings. The maximum Gasteiger partial charge on any atom is 0.333 e. The highest BCUT2D eigenvalue weighted by Gasteiger charge is 2.36. The number of aliphatic carboxylic acids is 1. The minimum Gasteiger partial charge on any atom is -0.479 e. The van der Waals surface area contributed by atoms with Gasteiger partial charge in [-0.05, 0) is 50.4 Å². The van der Waals surface area contributed by atoms with E-state index in [0.717, 1.165) is 0 Å². The van der Waals surface area contributed by atoms with Gasteiger partial charge in [-0.1, -0.05) is 60.8 Å². The number of hydrogen-bond donors (Lipinski definition) is 8. The fraction of sp³-hybridized carbons (Fsp3) is 0.829. The monoisotopic (exact) mass is 1670 g/mol. The average Bonchev–Trinajstić information content (AvgIpc) is 1.78. The Hall–Kier alpha value is -6.72. The number of ketones is 2. The van der Waals surface area contributed by atoms with Crippen LogP contribution < -0.4 is 37.2 Å². The predicted molar refractivity (Wildman–Crippen MR) is 389 cm³/mol. The molecule has 7 unspecified atom stereocenters. The number of nitrogens with one attached hydrogen (secondary N) is 7. The summed E-state index contributed by atoms with van der Waals surface area (Å²) in [6.07, 6.45) is 3.07. The minimum absolute atomic E-state index is 0.00724. The van der Waals surface area contributed by atoms with E-state index < -0.39 is 108 Å². The summed E-state index contributed by atoms with van der Waals surface area (Å²) in [5.74, 6) is -8.88. The van der Waals surface area contributed by atoms with Gasteiger partial charge < -0.3 is 166 Å². The summed E-state index contributed by atoms with van der Waals surface area (Å²) in [6, 6.07) is -6.06. The van der Waals surface area contributed by atoms with Gasteiger partial charge in [0.1, 0.15) is 37.5 Å². The number of carboxylic acid groups (broad SMARTS) is 1. The number of carbonyl (C=O) groups is 12. The molecule has 8 N–H and O–H groups in total. The van der Waals surface area contributed by atoms with Gasteiger partial charge in [0, 0.05) is 45.9 Å². The van der Waals surface area contributed by atoms with Crippen LogP contribution in [-0.2, 0) is 171 Å². The van der Waals surface area contributed by atoms with E-state index >= 15 is 0 Å². The van der Waals surface area contributed by atoms with Crippen LogP contribution in [0.1, 0.15) is 119 Å². The summed E-state index contributed by atoms with van der Waals surface area (Å²) in [7, 11) is 1.58. The van der Waals surface area contributed by atoms with Crippen molar-refractivity contribution in [3.05, 3.63) is 0 Å². The molecule has 0 aromatic carbocycles. The Morgan fingerprint density at radius 3 is 1.24 bits per heavy atom. The van der Waals surface area contributed by atoms with Crippen LogP contribution >= 0.6 is 0 Å². The van der Waals surface area contributed by atoms with Crippen molar-refractivity contribution in [2.24, 2.45) is 23.7 Å². The fourth-order valence-corrected chi connectivity index (χ4v) is 9.42. The number of aldehydes is 1. The van der Waals surface area contributed by atoms with Crippen molar-refractivity contribution >= 4 is 71.1 Å². The number of unbranched alkanes of at least 4 members (excludes halogenated alkanes) is 2. The molecular weight excluding hydrogens is 1540 g/mol. The molecule has 1 saturated heterocycles. The second kappa shape index (κ2) is 72.5. The van der Waals surface area contributed by atoms with Gasteiger partial charge in [-0.15, -0.1) is 0 Å². The third-order valence-electron chi connectivity index (χ3n) is 15.5. The largest absolute Gasteiger partial charge is 0.479 e. The highest BCUT2D eigenvalue weighted by Crippen LogP contribution is 2.20. The van der Waals surface area contributed by atoms with Crippen LogP contribution in [0.5, 0.6) is 0 Å². The van der Waals surface area contributed by atoms with Crippen LogP contribution in [-0.4, -0.2) is 320 Å². The molecule has 666 valence electrons. The summed E-state index contributed by atoms with van der Waals surface area (Å²) in [5, 5.41) is 26.4. The molecule has 0 aliphatic carbocycles. The van der Waals surface area contributed by atoms with E-state index in [1.54, 1.807) is 48.7 Å². The van der Waals surface area contributed by atoms with E-state index in [1.165, 1.54) is 11.8 Å². The first-order valence-electron chi connectivity index (χ1n) is 37.3. The fourth-order valence-electron chi connectivity index (χ4n) is 9.42. The molecule has 8 amide bonds.